The highest BCUT2D eigenvalue weighted by Crippen LogP contribution is 2.13. The number of benzene rings is 1. The highest BCUT2D eigenvalue weighted by molar-refractivity contribution is 5.78. The van der Waals surface area contributed by atoms with Gasteiger partial charge in [0.25, 0.3) is 0 Å². The number of morpholine rings is 1. The highest BCUT2D eigenvalue weighted by atomic mass is 19.1. The van der Waals surface area contributed by atoms with E-state index in [-0.39, 0.29) is 24.2 Å². The van der Waals surface area contributed by atoms with Gasteiger partial charge in [0.15, 0.2) is 0 Å². The molecule has 1 unspecified atom stereocenters. The number of amides is 1. The Balaban J connectivity index is 1.52. The van der Waals surface area contributed by atoms with Crippen LogP contribution in [0.15, 0.2) is 42.9 Å². The number of nitrogens with zero attached hydrogens (tertiary/aromatic N) is 3. The van der Waals surface area contributed by atoms with Crippen molar-refractivity contribution in [3.05, 3.63) is 59.9 Å². The number of carbonyl (C=O) groups excluding carboxylic acids is 1. The van der Waals surface area contributed by atoms with Crippen molar-refractivity contribution < 1.29 is 13.9 Å². The van der Waals surface area contributed by atoms with Crippen LogP contribution in [-0.2, 0) is 22.4 Å². The second-order valence-corrected chi connectivity index (χ2v) is 5.88. The molecule has 1 fully saturated rings. The van der Waals surface area contributed by atoms with Crippen LogP contribution in [0.2, 0.25) is 0 Å². The zero-order valence-corrected chi connectivity index (χ0v) is 13.4. The third-order valence-electron chi connectivity index (χ3n) is 4.10. The molecule has 1 atom stereocenters. The molecule has 0 spiro atoms. The maximum Gasteiger partial charge on any atom is 0.227 e. The van der Waals surface area contributed by atoms with E-state index in [2.05, 4.69) is 9.97 Å². The van der Waals surface area contributed by atoms with Crippen molar-refractivity contribution in [1.29, 1.82) is 0 Å². The van der Waals surface area contributed by atoms with Gasteiger partial charge in [-0.15, -0.1) is 0 Å². The van der Waals surface area contributed by atoms with E-state index in [0.717, 1.165) is 18.5 Å². The molecule has 5 nitrogen and oxygen atoms in total. The van der Waals surface area contributed by atoms with Crippen LogP contribution in [0.3, 0.4) is 0 Å². The summed E-state index contributed by atoms with van der Waals surface area (Å²) in [6.45, 7) is 1.68. The number of hydrogen-bond donors (Lipinski definition) is 0. The Labute approximate surface area is 140 Å². The Morgan fingerprint density at radius 3 is 3.08 bits per heavy atom. The van der Waals surface area contributed by atoms with E-state index in [1.807, 2.05) is 6.07 Å². The van der Waals surface area contributed by atoms with Crippen LogP contribution in [0.4, 0.5) is 4.39 Å². The summed E-state index contributed by atoms with van der Waals surface area (Å²) in [6.07, 6.45) is 5.08. The molecule has 0 saturated carbocycles. The molecule has 1 aliphatic heterocycles. The molecule has 1 aromatic carbocycles. The van der Waals surface area contributed by atoms with Crippen molar-refractivity contribution in [2.75, 3.05) is 19.7 Å². The van der Waals surface area contributed by atoms with Crippen LogP contribution in [-0.4, -0.2) is 46.6 Å². The van der Waals surface area contributed by atoms with Crippen LogP contribution in [0.1, 0.15) is 17.7 Å². The van der Waals surface area contributed by atoms with E-state index in [1.54, 1.807) is 23.2 Å². The normalized spacial score (nSPS) is 17.7. The van der Waals surface area contributed by atoms with Gasteiger partial charge >= 0.3 is 0 Å². The number of carbonyl (C=O) groups is 1. The third kappa shape index (κ3) is 4.58. The number of aryl methyl sites for hydroxylation is 1. The third-order valence-corrected chi connectivity index (χ3v) is 4.10. The first-order valence-corrected chi connectivity index (χ1v) is 8.09. The molecule has 1 aliphatic rings. The van der Waals surface area contributed by atoms with Gasteiger partial charge in [-0.05, 0) is 36.6 Å². The summed E-state index contributed by atoms with van der Waals surface area (Å²) in [5, 5.41) is 0. The second kappa shape index (κ2) is 7.97. The van der Waals surface area contributed by atoms with Gasteiger partial charge in [0.1, 0.15) is 12.1 Å². The molecule has 1 aromatic heterocycles. The first-order chi connectivity index (χ1) is 11.7. The lowest BCUT2D eigenvalue weighted by atomic mass is 10.1. The van der Waals surface area contributed by atoms with Gasteiger partial charge in [-0.2, -0.15) is 0 Å². The van der Waals surface area contributed by atoms with Crippen LogP contribution < -0.4 is 0 Å². The molecular formula is C18H20FN3O2. The number of hydrogen-bond acceptors (Lipinski definition) is 4. The van der Waals surface area contributed by atoms with Crippen molar-refractivity contribution in [3.8, 4) is 0 Å². The molecule has 2 heterocycles. The van der Waals surface area contributed by atoms with Crippen molar-refractivity contribution >= 4 is 5.91 Å². The number of rotatable bonds is 5. The lowest BCUT2D eigenvalue weighted by Crippen LogP contribution is -2.46. The van der Waals surface area contributed by atoms with Crippen molar-refractivity contribution in [3.63, 3.8) is 0 Å². The van der Waals surface area contributed by atoms with Gasteiger partial charge in [0.05, 0.1) is 19.1 Å². The van der Waals surface area contributed by atoms with Gasteiger partial charge in [-0.3, -0.25) is 4.79 Å². The summed E-state index contributed by atoms with van der Waals surface area (Å²) in [5.74, 6) is -0.305. The lowest BCUT2D eigenvalue weighted by molar-refractivity contribution is -0.138. The maximum absolute atomic E-state index is 13.2. The van der Waals surface area contributed by atoms with Crippen LogP contribution in [0.25, 0.3) is 0 Å². The monoisotopic (exact) mass is 329 g/mol. The van der Waals surface area contributed by atoms with Gasteiger partial charge < -0.3 is 9.64 Å². The Kier molecular flexibility index (Phi) is 5.48. The van der Waals surface area contributed by atoms with E-state index >= 15 is 0 Å². The zero-order valence-electron chi connectivity index (χ0n) is 13.4. The molecule has 2 aromatic rings. The van der Waals surface area contributed by atoms with Crippen LogP contribution in [0.5, 0.6) is 0 Å². The Morgan fingerprint density at radius 1 is 1.38 bits per heavy atom. The maximum atomic E-state index is 13.2. The first kappa shape index (κ1) is 16.5. The minimum Gasteiger partial charge on any atom is -0.375 e. The molecule has 0 bridgehead atoms. The molecule has 24 heavy (non-hydrogen) atoms. The standard InChI is InChI=1S/C18H20FN3O2/c19-15-3-1-2-14(10-15)11-18(23)22-8-9-24-17(12-22)5-4-16-6-7-20-13-21-16/h1-3,6-7,10,13,17H,4-5,8-9,11-12H2. The van der Waals surface area contributed by atoms with Crippen molar-refractivity contribution in [2.45, 2.75) is 25.4 Å². The minimum atomic E-state index is -0.315. The topological polar surface area (TPSA) is 55.3 Å². The van der Waals surface area contributed by atoms with Crippen LogP contribution >= 0.6 is 0 Å². The lowest BCUT2D eigenvalue weighted by Gasteiger charge is -2.33. The zero-order chi connectivity index (χ0) is 16.8. The molecule has 1 saturated heterocycles. The first-order valence-electron chi connectivity index (χ1n) is 8.09. The fourth-order valence-electron chi connectivity index (χ4n) is 2.83. The van der Waals surface area contributed by atoms with Gasteiger partial charge in [-0.25, -0.2) is 14.4 Å². The summed E-state index contributed by atoms with van der Waals surface area (Å²) in [7, 11) is 0. The predicted octanol–water partition coefficient (Wildman–Crippen LogP) is 2.02. The average molecular weight is 329 g/mol. The smallest absolute Gasteiger partial charge is 0.227 e. The molecule has 0 radical (unpaired) electrons. The second-order valence-electron chi connectivity index (χ2n) is 5.88. The molecule has 3 rings (SSSR count). The molecule has 0 N–H and O–H groups in total. The largest absolute Gasteiger partial charge is 0.375 e. The average Bonchev–Trinajstić information content (AvgIpc) is 2.61. The van der Waals surface area contributed by atoms with E-state index in [1.165, 1.54) is 18.5 Å². The predicted molar refractivity (Wildman–Crippen MR) is 86.8 cm³/mol. The summed E-state index contributed by atoms with van der Waals surface area (Å²) in [4.78, 5) is 22.3. The fourth-order valence-corrected chi connectivity index (χ4v) is 2.83. The van der Waals surface area contributed by atoms with Crippen LogP contribution in [0, 0.1) is 5.82 Å². The molecule has 126 valence electrons. The number of aromatic nitrogens is 2. The molecule has 1 amide bonds. The Bertz CT molecular complexity index is 681. The summed E-state index contributed by atoms with van der Waals surface area (Å²) >= 11 is 0. The van der Waals surface area contributed by atoms with E-state index < -0.39 is 0 Å². The Hall–Kier alpha value is -2.34. The summed E-state index contributed by atoms with van der Waals surface area (Å²) in [5.41, 5.74) is 1.67. The molecular weight excluding hydrogens is 309 g/mol. The number of halogens is 1. The Morgan fingerprint density at radius 2 is 2.29 bits per heavy atom. The fraction of sp³-hybridized carbons (Fsp3) is 0.389. The minimum absolute atomic E-state index is 0.00479. The molecule has 6 heteroatoms. The summed E-state index contributed by atoms with van der Waals surface area (Å²) < 4.78 is 19.0. The summed E-state index contributed by atoms with van der Waals surface area (Å²) in [6, 6.07) is 8.07. The SMILES string of the molecule is O=C(Cc1cccc(F)c1)N1CCOC(CCc2ccncn2)C1. The van der Waals surface area contributed by atoms with Gasteiger partial charge in [0.2, 0.25) is 5.91 Å². The number of ether oxygens (including phenoxy) is 1. The quantitative estimate of drug-likeness (QED) is 0.842. The van der Waals surface area contributed by atoms with Gasteiger partial charge in [0, 0.05) is 25.0 Å². The van der Waals surface area contributed by atoms with E-state index in [9.17, 15) is 9.18 Å². The van der Waals surface area contributed by atoms with E-state index in [0.29, 0.717) is 25.3 Å². The van der Waals surface area contributed by atoms with Crippen molar-refractivity contribution in [1.82, 2.24) is 14.9 Å². The van der Waals surface area contributed by atoms with Gasteiger partial charge in [-0.1, -0.05) is 12.1 Å². The van der Waals surface area contributed by atoms with Crippen molar-refractivity contribution in [2.24, 2.45) is 0 Å². The molecule has 0 aliphatic carbocycles. The van der Waals surface area contributed by atoms with E-state index in [4.69, 9.17) is 4.74 Å². The highest BCUT2D eigenvalue weighted by Gasteiger charge is 2.24.